The van der Waals surface area contributed by atoms with Crippen molar-refractivity contribution in [2.24, 2.45) is 10.7 Å². The van der Waals surface area contributed by atoms with Crippen LogP contribution in [0.4, 0.5) is 10.1 Å². The Morgan fingerprint density at radius 1 is 1.15 bits per heavy atom. The minimum absolute atomic E-state index is 0.223. The highest BCUT2D eigenvalue weighted by molar-refractivity contribution is 5.94. The van der Waals surface area contributed by atoms with Crippen molar-refractivity contribution >= 4 is 11.6 Å². The third kappa shape index (κ3) is 5.35. The van der Waals surface area contributed by atoms with Gasteiger partial charge in [-0.15, -0.1) is 0 Å². The summed E-state index contributed by atoms with van der Waals surface area (Å²) in [4.78, 5) is 6.23. The lowest BCUT2D eigenvalue weighted by atomic mass is 10.1. The average molecular weight is 360 g/mol. The van der Waals surface area contributed by atoms with Crippen molar-refractivity contribution in [2.45, 2.75) is 13.1 Å². The number of guanidine groups is 1. The highest BCUT2D eigenvalue weighted by Gasteiger charge is 2.07. The first kappa shape index (κ1) is 19.5. The maximum atomic E-state index is 13.8. The Balaban J connectivity index is 2.11. The molecule has 2 aromatic carbocycles. The number of hydrogen-bond donors (Lipinski definition) is 2. The van der Waals surface area contributed by atoms with Crippen LogP contribution in [0.2, 0.25) is 0 Å². The largest absolute Gasteiger partial charge is 0.497 e. The van der Waals surface area contributed by atoms with Gasteiger partial charge < -0.3 is 25.4 Å². The Morgan fingerprint density at radius 3 is 2.58 bits per heavy atom. The molecule has 0 bridgehead atoms. The molecule has 0 atom stereocenters. The Kier molecular flexibility index (Phi) is 6.80. The Labute approximate surface area is 153 Å². The molecule has 0 aromatic heterocycles. The van der Waals surface area contributed by atoms with Crippen molar-refractivity contribution in [3.63, 3.8) is 0 Å². The van der Waals surface area contributed by atoms with Gasteiger partial charge in [-0.2, -0.15) is 0 Å². The molecule has 0 aliphatic carbocycles. The smallest absolute Gasteiger partial charge is 0.193 e. The number of nitrogens with two attached hydrogens (primary N) is 1. The van der Waals surface area contributed by atoms with Gasteiger partial charge in [0, 0.05) is 18.2 Å². The first-order valence-electron chi connectivity index (χ1n) is 8.14. The van der Waals surface area contributed by atoms with Gasteiger partial charge in [-0.3, -0.25) is 0 Å². The van der Waals surface area contributed by atoms with Crippen molar-refractivity contribution < 1.29 is 13.9 Å². The number of anilines is 1. The van der Waals surface area contributed by atoms with Crippen LogP contribution in [0.1, 0.15) is 11.1 Å². The normalized spacial score (nSPS) is 11.5. The summed E-state index contributed by atoms with van der Waals surface area (Å²) < 4.78 is 24.4. The maximum absolute atomic E-state index is 13.8. The molecule has 0 aliphatic rings. The zero-order valence-corrected chi connectivity index (χ0v) is 15.5. The molecule has 7 heteroatoms. The summed E-state index contributed by atoms with van der Waals surface area (Å²) in [5, 5.41) is 3.01. The van der Waals surface area contributed by atoms with Gasteiger partial charge in [-0.1, -0.05) is 6.07 Å². The van der Waals surface area contributed by atoms with E-state index in [0.717, 1.165) is 5.56 Å². The number of ether oxygens (including phenoxy) is 2. The van der Waals surface area contributed by atoms with Crippen LogP contribution in [0.3, 0.4) is 0 Å². The molecule has 0 aliphatic heterocycles. The zero-order chi connectivity index (χ0) is 19.1. The number of nitrogens with one attached hydrogen (secondary N) is 1. The molecule has 0 unspecified atom stereocenters. The van der Waals surface area contributed by atoms with E-state index in [4.69, 9.17) is 15.2 Å². The van der Waals surface area contributed by atoms with Gasteiger partial charge in [0.15, 0.2) is 5.96 Å². The highest BCUT2D eigenvalue weighted by Crippen LogP contribution is 2.28. The topological polar surface area (TPSA) is 72.1 Å². The predicted octanol–water partition coefficient (Wildman–Crippen LogP) is 2.83. The summed E-state index contributed by atoms with van der Waals surface area (Å²) in [5.74, 6) is 1.31. The van der Waals surface area contributed by atoms with Crippen LogP contribution in [0.15, 0.2) is 41.4 Å². The predicted molar refractivity (Wildman–Crippen MR) is 102 cm³/mol. The third-order valence-corrected chi connectivity index (χ3v) is 3.70. The second-order valence-corrected chi connectivity index (χ2v) is 6.06. The van der Waals surface area contributed by atoms with Crippen LogP contribution in [-0.2, 0) is 13.1 Å². The number of halogens is 1. The summed E-state index contributed by atoms with van der Waals surface area (Å²) >= 11 is 0. The maximum Gasteiger partial charge on any atom is 0.193 e. The lowest BCUT2D eigenvalue weighted by molar-refractivity contribution is 0.392. The number of methoxy groups -OCH3 is 2. The fraction of sp³-hybridized carbons (Fsp3) is 0.316. The van der Waals surface area contributed by atoms with Gasteiger partial charge in [0.2, 0.25) is 0 Å². The van der Waals surface area contributed by atoms with Gasteiger partial charge >= 0.3 is 0 Å². The molecular formula is C19H25FN4O2. The minimum atomic E-state index is -0.223. The van der Waals surface area contributed by atoms with Crippen LogP contribution in [-0.4, -0.2) is 39.2 Å². The van der Waals surface area contributed by atoms with Crippen LogP contribution < -0.4 is 20.5 Å². The van der Waals surface area contributed by atoms with Gasteiger partial charge in [0.05, 0.1) is 26.5 Å². The summed E-state index contributed by atoms with van der Waals surface area (Å²) in [6, 6.07) is 10.3. The number of hydrogen-bond acceptors (Lipinski definition) is 4. The van der Waals surface area contributed by atoms with E-state index in [1.54, 1.807) is 44.6 Å². The molecule has 2 rings (SSSR count). The second-order valence-electron chi connectivity index (χ2n) is 6.06. The van der Waals surface area contributed by atoms with Crippen LogP contribution in [0.5, 0.6) is 11.5 Å². The molecule has 6 nitrogen and oxygen atoms in total. The van der Waals surface area contributed by atoms with Crippen molar-refractivity contribution in [2.75, 3.05) is 33.6 Å². The van der Waals surface area contributed by atoms with Crippen molar-refractivity contribution in [3.8, 4) is 11.5 Å². The van der Waals surface area contributed by atoms with E-state index in [9.17, 15) is 4.39 Å². The van der Waals surface area contributed by atoms with Crippen molar-refractivity contribution in [1.29, 1.82) is 0 Å². The molecule has 0 radical (unpaired) electrons. The summed E-state index contributed by atoms with van der Waals surface area (Å²) in [6.45, 7) is 0.865. The molecule has 140 valence electrons. The quantitative estimate of drug-likeness (QED) is 0.587. The summed E-state index contributed by atoms with van der Waals surface area (Å²) in [7, 11) is 6.95. The lowest BCUT2D eigenvalue weighted by Crippen LogP contribution is -2.23. The Morgan fingerprint density at radius 2 is 1.92 bits per heavy atom. The molecular weight excluding hydrogens is 335 g/mol. The van der Waals surface area contributed by atoms with E-state index in [0.29, 0.717) is 35.8 Å². The van der Waals surface area contributed by atoms with Crippen LogP contribution in [0, 0.1) is 5.82 Å². The van der Waals surface area contributed by atoms with E-state index < -0.39 is 0 Å². The molecule has 0 saturated carbocycles. The number of rotatable bonds is 7. The monoisotopic (exact) mass is 360 g/mol. The summed E-state index contributed by atoms with van der Waals surface area (Å²) in [6.07, 6.45) is 0. The molecule has 0 heterocycles. The first-order chi connectivity index (χ1) is 12.4. The van der Waals surface area contributed by atoms with E-state index in [-0.39, 0.29) is 11.8 Å². The second kappa shape index (κ2) is 9.05. The zero-order valence-electron chi connectivity index (χ0n) is 15.5. The van der Waals surface area contributed by atoms with E-state index in [2.05, 4.69) is 10.3 Å². The fourth-order valence-electron chi connectivity index (χ4n) is 2.45. The van der Waals surface area contributed by atoms with Crippen LogP contribution >= 0.6 is 0 Å². The third-order valence-electron chi connectivity index (χ3n) is 3.70. The molecule has 0 fully saturated rings. The van der Waals surface area contributed by atoms with Gasteiger partial charge in [0.25, 0.3) is 0 Å². The van der Waals surface area contributed by atoms with Gasteiger partial charge in [-0.05, 0) is 43.9 Å². The van der Waals surface area contributed by atoms with E-state index in [1.165, 1.54) is 6.07 Å². The minimum Gasteiger partial charge on any atom is -0.497 e. The average Bonchev–Trinajstić information content (AvgIpc) is 2.61. The van der Waals surface area contributed by atoms with Crippen LogP contribution in [0.25, 0.3) is 0 Å². The van der Waals surface area contributed by atoms with E-state index in [1.807, 2.05) is 19.0 Å². The highest BCUT2D eigenvalue weighted by atomic mass is 19.1. The Bertz CT molecular complexity index is 778. The molecule has 0 spiro atoms. The first-order valence-corrected chi connectivity index (χ1v) is 8.14. The van der Waals surface area contributed by atoms with E-state index >= 15 is 0 Å². The van der Waals surface area contributed by atoms with Crippen molar-refractivity contribution in [1.82, 2.24) is 4.90 Å². The summed E-state index contributed by atoms with van der Waals surface area (Å²) in [5.41, 5.74) is 8.14. The number of nitrogens with zero attached hydrogens (tertiary/aromatic N) is 2. The molecule has 0 amide bonds. The standard InChI is InChI=1S/C19H25FN4O2/c1-24(2)12-14-9-13(5-7-16(14)20)11-22-19(21)23-17-10-15(25-3)6-8-18(17)26-4/h5-10H,11-12H2,1-4H3,(H3,21,22,23). The van der Waals surface area contributed by atoms with Gasteiger partial charge in [-0.25, -0.2) is 9.38 Å². The molecule has 3 N–H and O–H groups in total. The molecule has 0 saturated heterocycles. The number of benzene rings is 2. The lowest BCUT2D eigenvalue weighted by Gasteiger charge is -2.13. The molecule has 26 heavy (non-hydrogen) atoms. The Hall–Kier alpha value is -2.80. The van der Waals surface area contributed by atoms with Gasteiger partial charge in [0.1, 0.15) is 17.3 Å². The SMILES string of the molecule is COc1ccc(OC)c(NC(N)=NCc2ccc(F)c(CN(C)C)c2)c1. The molecule has 2 aromatic rings. The number of aliphatic imine (C=N–C) groups is 1. The van der Waals surface area contributed by atoms with Crippen molar-refractivity contribution in [3.05, 3.63) is 53.3 Å². The fourth-order valence-corrected chi connectivity index (χ4v) is 2.45.